The number of aromatic nitrogens is 2. The van der Waals surface area contributed by atoms with Crippen molar-refractivity contribution in [1.82, 2.24) is 9.55 Å². The third-order valence-electron chi connectivity index (χ3n) is 4.36. The van der Waals surface area contributed by atoms with Crippen molar-refractivity contribution in [3.8, 4) is 0 Å². The fourth-order valence-corrected chi connectivity index (χ4v) is 4.44. The van der Waals surface area contributed by atoms with Gasteiger partial charge in [-0.05, 0) is 37.5 Å². The molecule has 1 unspecified atom stereocenters. The van der Waals surface area contributed by atoms with E-state index in [9.17, 15) is 9.59 Å². The first-order valence-electron chi connectivity index (χ1n) is 8.48. The van der Waals surface area contributed by atoms with Crippen LogP contribution in [0, 0.1) is 0 Å². The van der Waals surface area contributed by atoms with Crippen LogP contribution in [0.1, 0.15) is 32.1 Å². The van der Waals surface area contributed by atoms with Crippen LogP contribution < -0.4 is 5.56 Å². The Kier molecular flexibility index (Phi) is 6.15. The molecule has 7 heteroatoms. The molecule has 1 fully saturated rings. The summed E-state index contributed by atoms with van der Waals surface area (Å²) < 4.78 is 6.77. The Balaban J connectivity index is 2.01. The number of halogens is 1. The number of thioether (sulfide) groups is 1. The van der Waals surface area contributed by atoms with Crippen LogP contribution >= 0.6 is 23.4 Å². The first kappa shape index (κ1) is 18.4. The van der Waals surface area contributed by atoms with Gasteiger partial charge in [0, 0.05) is 31.7 Å². The molecule has 3 rings (SSSR count). The van der Waals surface area contributed by atoms with Gasteiger partial charge < -0.3 is 4.74 Å². The maximum absolute atomic E-state index is 12.9. The molecule has 2 aromatic rings. The Morgan fingerprint density at radius 3 is 2.96 bits per heavy atom. The predicted molar refractivity (Wildman–Crippen MR) is 101 cm³/mol. The lowest BCUT2D eigenvalue weighted by molar-refractivity contribution is -0.119. The molecule has 1 heterocycles. The summed E-state index contributed by atoms with van der Waals surface area (Å²) in [6.07, 6.45) is 4.16. The van der Waals surface area contributed by atoms with Crippen LogP contribution in [0.25, 0.3) is 10.9 Å². The zero-order chi connectivity index (χ0) is 17.8. The van der Waals surface area contributed by atoms with Crippen LogP contribution in [0.5, 0.6) is 0 Å². The van der Waals surface area contributed by atoms with E-state index in [1.54, 1.807) is 29.9 Å². The van der Waals surface area contributed by atoms with Gasteiger partial charge in [-0.3, -0.25) is 14.2 Å². The van der Waals surface area contributed by atoms with Crippen molar-refractivity contribution in [3.05, 3.63) is 33.6 Å². The van der Waals surface area contributed by atoms with Crippen LogP contribution in [0.2, 0.25) is 5.02 Å². The number of hydrogen-bond donors (Lipinski definition) is 0. The molecule has 25 heavy (non-hydrogen) atoms. The van der Waals surface area contributed by atoms with Crippen LogP contribution in [0.3, 0.4) is 0 Å². The standard InChI is InChI=1S/C18H21ClN2O3S/c1-24-10-4-9-21-17(23)13-8-7-12(19)11-14(13)20-18(21)25-16-6-3-2-5-15(16)22/h7-8,11,16H,2-6,9-10H2,1H3. The van der Waals surface area contributed by atoms with Crippen molar-refractivity contribution >= 4 is 40.0 Å². The molecule has 0 amide bonds. The van der Waals surface area contributed by atoms with Crippen LogP contribution in [-0.4, -0.2) is 34.3 Å². The molecule has 1 atom stereocenters. The lowest BCUT2D eigenvalue weighted by atomic mass is 9.99. The van der Waals surface area contributed by atoms with Gasteiger partial charge in [-0.2, -0.15) is 0 Å². The number of carbonyl (C=O) groups is 1. The van der Waals surface area contributed by atoms with E-state index < -0.39 is 0 Å². The molecular weight excluding hydrogens is 360 g/mol. The van der Waals surface area contributed by atoms with Crippen molar-refractivity contribution in [2.24, 2.45) is 0 Å². The molecule has 5 nitrogen and oxygen atoms in total. The van der Waals surface area contributed by atoms with Gasteiger partial charge in [0.2, 0.25) is 0 Å². The zero-order valence-electron chi connectivity index (χ0n) is 14.2. The fraction of sp³-hybridized carbons (Fsp3) is 0.500. The van der Waals surface area contributed by atoms with Crippen molar-refractivity contribution < 1.29 is 9.53 Å². The van der Waals surface area contributed by atoms with Crippen molar-refractivity contribution in [2.75, 3.05) is 13.7 Å². The maximum Gasteiger partial charge on any atom is 0.262 e. The number of hydrogen-bond acceptors (Lipinski definition) is 5. The summed E-state index contributed by atoms with van der Waals surface area (Å²) in [7, 11) is 1.64. The van der Waals surface area contributed by atoms with Crippen molar-refractivity contribution in [3.63, 3.8) is 0 Å². The highest BCUT2D eigenvalue weighted by atomic mass is 35.5. The van der Waals surface area contributed by atoms with E-state index >= 15 is 0 Å². The number of ether oxygens (including phenoxy) is 1. The molecule has 1 saturated carbocycles. The number of benzene rings is 1. The molecule has 0 bridgehead atoms. The molecule has 1 aromatic heterocycles. The highest BCUT2D eigenvalue weighted by molar-refractivity contribution is 8.00. The first-order chi connectivity index (χ1) is 12.1. The second kappa shape index (κ2) is 8.34. The third kappa shape index (κ3) is 4.25. The molecule has 134 valence electrons. The minimum atomic E-state index is -0.119. The number of ketones is 1. The van der Waals surface area contributed by atoms with E-state index in [0.29, 0.717) is 47.1 Å². The summed E-state index contributed by atoms with van der Waals surface area (Å²) in [5, 5.41) is 1.56. The summed E-state index contributed by atoms with van der Waals surface area (Å²) >= 11 is 7.46. The van der Waals surface area contributed by atoms with E-state index in [1.807, 2.05) is 0 Å². The highest BCUT2D eigenvalue weighted by Gasteiger charge is 2.25. The van der Waals surface area contributed by atoms with Gasteiger partial charge in [0.15, 0.2) is 5.16 Å². The summed E-state index contributed by atoms with van der Waals surface area (Å²) in [6, 6.07) is 5.11. The van der Waals surface area contributed by atoms with Gasteiger partial charge in [-0.25, -0.2) is 4.98 Å². The Morgan fingerprint density at radius 1 is 1.36 bits per heavy atom. The Hall–Kier alpha value is -1.37. The SMILES string of the molecule is COCCCn1c(SC2CCCCC2=O)nc2cc(Cl)ccc2c1=O. The number of carbonyl (C=O) groups excluding carboxylic acids is 1. The Morgan fingerprint density at radius 2 is 2.20 bits per heavy atom. The minimum Gasteiger partial charge on any atom is -0.385 e. The van der Waals surface area contributed by atoms with Gasteiger partial charge in [-0.1, -0.05) is 29.8 Å². The third-order valence-corrected chi connectivity index (χ3v) is 5.90. The Bertz CT molecular complexity index is 837. The number of fused-ring (bicyclic) bond motifs is 1. The quantitative estimate of drug-likeness (QED) is 0.565. The van der Waals surface area contributed by atoms with E-state index in [4.69, 9.17) is 16.3 Å². The first-order valence-corrected chi connectivity index (χ1v) is 9.74. The van der Waals surface area contributed by atoms with Crippen molar-refractivity contribution in [1.29, 1.82) is 0 Å². The van der Waals surface area contributed by atoms with Gasteiger partial charge in [-0.15, -0.1) is 0 Å². The van der Waals surface area contributed by atoms with Crippen molar-refractivity contribution in [2.45, 2.75) is 49.1 Å². The maximum atomic E-state index is 12.9. The topological polar surface area (TPSA) is 61.2 Å². The molecule has 0 saturated heterocycles. The van der Waals surface area contributed by atoms with Gasteiger partial charge in [0.1, 0.15) is 5.78 Å². The Labute approximate surface area is 155 Å². The minimum absolute atomic E-state index is 0.0940. The lowest BCUT2D eigenvalue weighted by Gasteiger charge is -2.21. The number of Topliss-reactive ketones (excluding diaryl/α,β-unsaturated/α-hetero) is 1. The summed E-state index contributed by atoms with van der Waals surface area (Å²) in [5.74, 6) is 0.250. The van der Waals surface area contributed by atoms with Gasteiger partial charge >= 0.3 is 0 Å². The monoisotopic (exact) mass is 380 g/mol. The number of methoxy groups -OCH3 is 1. The van der Waals surface area contributed by atoms with E-state index in [-0.39, 0.29) is 16.6 Å². The van der Waals surface area contributed by atoms with E-state index in [1.165, 1.54) is 11.8 Å². The molecule has 0 N–H and O–H groups in total. The van der Waals surface area contributed by atoms with Crippen LogP contribution in [0.4, 0.5) is 0 Å². The smallest absolute Gasteiger partial charge is 0.262 e. The van der Waals surface area contributed by atoms with E-state index in [0.717, 1.165) is 19.3 Å². The lowest BCUT2D eigenvalue weighted by Crippen LogP contribution is -2.27. The van der Waals surface area contributed by atoms with E-state index in [2.05, 4.69) is 4.98 Å². The van der Waals surface area contributed by atoms with Gasteiger partial charge in [0.25, 0.3) is 5.56 Å². The fourth-order valence-electron chi connectivity index (χ4n) is 3.03. The van der Waals surface area contributed by atoms with Crippen LogP contribution in [-0.2, 0) is 16.1 Å². The molecular formula is C18H21ClN2O3S. The molecule has 0 aliphatic heterocycles. The highest BCUT2D eigenvalue weighted by Crippen LogP contribution is 2.31. The second-order valence-corrected chi connectivity index (χ2v) is 7.78. The number of nitrogens with zero attached hydrogens (tertiary/aromatic N) is 2. The predicted octanol–water partition coefficient (Wildman–Crippen LogP) is 3.69. The average Bonchev–Trinajstić information content (AvgIpc) is 2.59. The number of rotatable bonds is 6. The second-order valence-electron chi connectivity index (χ2n) is 6.18. The molecule has 0 radical (unpaired) electrons. The summed E-state index contributed by atoms with van der Waals surface area (Å²) in [6.45, 7) is 1.08. The molecule has 1 aliphatic carbocycles. The zero-order valence-corrected chi connectivity index (χ0v) is 15.7. The van der Waals surface area contributed by atoms with Gasteiger partial charge in [0.05, 0.1) is 16.2 Å². The largest absolute Gasteiger partial charge is 0.385 e. The normalized spacial score (nSPS) is 18.0. The van der Waals surface area contributed by atoms with Crippen LogP contribution in [0.15, 0.2) is 28.2 Å². The summed E-state index contributed by atoms with van der Waals surface area (Å²) in [4.78, 5) is 29.8. The molecule has 1 aliphatic rings. The molecule has 0 spiro atoms. The molecule has 1 aromatic carbocycles. The summed E-state index contributed by atoms with van der Waals surface area (Å²) in [5.41, 5.74) is 0.481. The average molecular weight is 381 g/mol.